The number of fused-ring (bicyclic) bond motifs is 5. The average Bonchev–Trinajstić information content (AvgIpc) is 3.46. The molecule has 3 fully saturated rings. The molecule has 1 aromatic carbocycles. The summed E-state index contributed by atoms with van der Waals surface area (Å²) in [5, 5.41) is 2.77. The van der Waals surface area contributed by atoms with Crippen molar-refractivity contribution in [3.63, 3.8) is 0 Å². The van der Waals surface area contributed by atoms with Gasteiger partial charge in [0.1, 0.15) is 29.2 Å². The highest BCUT2D eigenvalue weighted by atomic mass is 19.3. The van der Waals surface area contributed by atoms with Crippen LogP contribution in [-0.2, 0) is 25.5 Å². The smallest absolute Gasteiger partial charge is 0.408 e. The lowest BCUT2D eigenvalue weighted by atomic mass is 9.79. The number of nitrogens with zero attached hydrogens (tertiary/aromatic N) is 3. The molecule has 6 atom stereocenters. The molecule has 1 N–H and O–H groups in total. The number of hydrogen-bond acceptors (Lipinski definition) is 9. The van der Waals surface area contributed by atoms with Gasteiger partial charge in [-0.25, -0.2) is 23.5 Å². The number of carbonyl (C=O) groups excluding carboxylic acids is 3. The van der Waals surface area contributed by atoms with E-state index in [9.17, 15) is 14.4 Å². The van der Waals surface area contributed by atoms with Crippen LogP contribution >= 0.6 is 0 Å². The first kappa shape index (κ1) is 31.4. The van der Waals surface area contributed by atoms with Crippen LogP contribution in [0.1, 0.15) is 59.1 Å². The number of nitrogens with one attached hydrogen (secondary N) is 1. The molecule has 4 heterocycles. The number of alkyl carbamates (subject to hydrolysis) is 1. The number of rotatable bonds is 3. The molecular formula is C32H40F2N4O7. The maximum Gasteiger partial charge on any atom is 0.408 e. The van der Waals surface area contributed by atoms with Crippen LogP contribution in [0.25, 0.3) is 11.0 Å². The molecule has 0 spiro atoms. The van der Waals surface area contributed by atoms with Gasteiger partial charge in [0.25, 0.3) is 5.92 Å². The van der Waals surface area contributed by atoms with E-state index < -0.39 is 59.5 Å². The third-order valence-corrected chi connectivity index (χ3v) is 9.94. The van der Waals surface area contributed by atoms with Crippen LogP contribution in [0, 0.1) is 17.3 Å². The highest BCUT2D eigenvalue weighted by Gasteiger charge is 2.56. The molecule has 0 radical (unpaired) electrons. The van der Waals surface area contributed by atoms with Crippen LogP contribution in [0.3, 0.4) is 0 Å². The standard InChI is InChI=1S/C32H40F2N4O7/c1-17-24-14-38(25(17)18(2)39)28(40)26(30(3)15-43-16-30)37-29(41)45-31(4)12-19(31)7-6-10-32(33,34)13-23-27(44-24)36-22-11-20(42-5)8-9-21(22)35-23/h8-9,11,17,19,24-26H,6-7,10,12-16H2,1-5H3,(H,37,41)/t17-,19?,24+,25+,26-,31-/m1/s1. The molecule has 1 saturated carbocycles. The highest BCUT2D eigenvalue weighted by Crippen LogP contribution is 2.50. The van der Waals surface area contributed by atoms with Gasteiger partial charge in [-0.15, -0.1) is 0 Å². The fraction of sp³-hybridized carbons (Fsp3) is 0.656. The normalized spacial score (nSPS) is 32.9. The number of methoxy groups -OCH3 is 1. The van der Waals surface area contributed by atoms with Gasteiger partial charge in [0, 0.05) is 29.7 Å². The largest absolute Gasteiger partial charge is 0.497 e. The van der Waals surface area contributed by atoms with Crippen LogP contribution in [0.4, 0.5) is 13.6 Å². The van der Waals surface area contributed by atoms with E-state index in [1.54, 1.807) is 32.0 Å². The topological polar surface area (TPSA) is 129 Å². The van der Waals surface area contributed by atoms with Crippen molar-refractivity contribution in [2.75, 3.05) is 26.9 Å². The van der Waals surface area contributed by atoms with Crippen molar-refractivity contribution in [1.29, 1.82) is 0 Å². The number of aromatic nitrogens is 2. The molecule has 2 aromatic rings. The first-order valence-corrected chi connectivity index (χ1v) is 15.5. The Balaban J connectivity index is 1.40. The van der Waals surface area contributed by atoms with Crippen molar-refractivity contribution in [2.24, 2.45) is 17.3 Å². The van der Waals surface area contributed by atoms with E-state index >= 15 is 8.78 Å². The molecule has 1 aliphatic carbocycles. The maximum absolute atomic E-state index is 15.5. The summed E-state index contributed by atoms with van der Waals surface area (Å²) < 4.78 is 53.8. The highest BCUT2D eigenvalue weighted by molar-refractivity contribution is 5.93. The lowest BCUT2D eigenvalue weighted by molar-refractivity contribution is -0.158. The Morgan fingerprint density at radius 2 is 1.91 bits per heavy atom. The van der Waals surface area contributed by atoms with Crippen LogP contribution in [0.5, 0.6) is 11.6 Å². The fourth-order valence-electron chi connectivity index (χ4n) is 7.01. The van der Waals surface area contributed by atoms with Crippen molar-refractivity contribution >= 4 is 28.8 Å². The number of halogens is 2. The van der Waals surface area contributed by atoms with E-state index in [1.807, 2.05) is 6.92 Å². The van der Waals surface area contributed by atoms with Crippen molar-refractivity contribution in [3.05, 3.63) is 23.9 Å². The molecule has 6 rings (SSSR count). The third kappa shape index (κ3) is 6.03. The second kappa shape index (κ2) is 11.3. The Morgan fingerprint density at radius 3 is 2.58 bits per heavy atom. The number of carbonyl (C=O) groups is 3. The van der Waals surface area contributed by atoms with Crippen molar-refractivity contribution in [3.8, 4) is 11.6 Å². The minimum absolute atomic E-state index is 0.000930. The number of ether oxygens (including phenoxy) is 4. The SMILES string of the molecule is COc1ccc2nc3c(nc2c1)O[C@H]1CN(C(=O)[C@H](C2(C)COC2)NC(=O)O[C@]2(C)CC2CCCC(F)(F)C3)[C@H](C(C)=O)[C@@H]1C. The Morgan fingerprint density at radius 1 is 1.16 bits per heavy atom. The van der Waals surface area contributed by atoms with Crippen LogP contribution in [0.15, 0.2) is 18.2 Å². The molecule has 2 amide bonds. The number of ketones is 1. The molecule has 45 heavy (non-hydrogen) atoms. The molecule has 244 valence electrons. The second-order valence-corrected chi connectivity index (χ2v) is 13.6. The summed E-state index contributed by atoms with van der Waals surface area (Å²) in [5.74, 6) is -3.99. The Labute approximate surface area is 260 Å². The molecule has 3 aliphatic heterocycles. The van der Waals surface area contributed by atoms with E-state index in [1.165, 1.54) is 18.9 Å². The van der Waals surface area contributed by atoms with Gasteiger partial charge < -0.3 is 29.2 Å². The predicted octanol–water partition coefficient (Wildman–Crippen LogP) is 4.09. The summed E-state index contributed by atoms with van der Waals surface area (Å²) in [6, 6.07) is 3.08. The van der Waals surface area contributed by atoms with Gasteiger partial charge >= 0.3 is 6.09 Å². The number of Topliss-reactive ketones (excluding diaryl/α,β-unsaturated/α-hetero) is 1. The first-order valence-electron chi connectivity index (χ1n) is 15.5. The second-order valence-electron chi connectivity index (χ2n) is 13.6. The number of benzene rings is 1. The number of alkyl halides is 2. The zero-order chi connectivity index (χ0) is 32.3. The molecule has 2 bridgehead atoms. The zero-order valence-corrected chi connectivity index (χ0v) is 26.2. The quantitative estimate of drug-likeness (QED) is 0.533. The molecule has 1 aromatic heterocycles. The van der Waals surface area contributed by atoms with Gasteiger partial charge in [0.15, 0.2) is 5.78 Å². The zero-order valence-electron chi connectivity index (χ0n) is 26.2. The minimum Gasteiger partial charge on any atom is -0.497 e. The molecule has 2 saturated heterocycles. The lowest BCUT2D eigenvalue weighted by Crippen LogP contribution is -2.64. The van der Waals surface area contributed by atoms with Crippen LogP contribution < -0.4 is 14.8 Å². The van der Waals surface area contributed by atoms with Gasteiger partial charge in [-0.05, 0) is 45.2 Å². The lowest BCUT2D eigenvalue weighted by Gasteiger charge is -2.45. The summed E-state index contributed by atoms with van der Waals surface area (Å²) in [7, 11) is 1.51. The van der Waals surface area contributed by atoms with E-state index in [-0.39, 0.29) is 55.9 Å². The van der Waals surface area contributed by atoms with Crippen molar-refractivity contribution < 1.29 is 42.1 Å². The molecule has 1 unspecified atom stereocenters. The van der Waals surface area contributed by atoms with Gasteiger partial charge in [-0.1, -0.05) is 13.8 Å². The van der Waals surface area contributed by atoms with Gasteiger partial charge in [0.05, 0.1) is 50.4 Å². The first-order chi connectivity index (χ1) is 21.2. The van der Waals surface area contributed by atoms with Gasteiger partial charge in [-0.2, -0.15) is 0 Å². The van der Waals surface area contributed by atoms with Crippen molar-refractivity contribution in [2.45, 2.75) is 89.5 Å². The minimum atomic E-state index is -3.11. The summed E-state index contributed by atoms with van der Waals surface area (Å²) in [6.45, 7) is 7.25. The average molecular weight is 631 g/mol. The molecule has 13 heteroatoms. The Hall–Kier alpha value is -3.61. The predicted molar refractivity (Wildman–Crippen MR) is 157 cm³/mol. The summed E-state index contributed by atoms with van der Waals surface area (Å²) >= 11 is 0. The molecular weight excluding hydrogens is 590 g/mol. The third-order valence-electron chi connectivity index (χ3n) is 9.94. The Kier molecular flexibility index (Phi) is 7.90. The fourth-order valence-corrected chi connectivity index (χ4v) is 7.01. The summed E-state index contributed by atoms with van der Waals surface area (Å²) in [4.78, 5) is 51.0. The number of amides is 2. The summed E-state index contributed by atoms with van der Waals surface area (Å²) in [6.07, 6.45) is -1.40. The molecule has 4 aliphatic rings. The van der Waals surface area contributed by atoms with E-state index in [0.717, 1.165) is 0 Å². The monoisotopic (exact) mass is 630 g/mol. The van der Waals surface area contributed by atoms with Gasteiger partial charge in [-0.3, -0.25) is 9.59 Å². The maximum atomic E-state index is 15.5. The van der Waals surface area contributed by atoms with Crippen LogP contribution in [-0.4, -0.2) is 89.2 Å². The van der Waals surface area contributed by atoms with E-state index in [2.05, 4.69) is 15.3 Å². The molecule has 11 nitrogen and oxygen atoms in total. The Bertz CT molecular complexity index is 1520. The van der Waals surface area contributed by atoms with E-state index in [0.29, 0.717) is 29.6 Å². The number of hydrogen-bond donors (Lipinski definition) is 1. The van der Waals surface area contributed by atoms with Crippen molar-refractivity contribution in [1.82, 2.24) is 20.2 Å². The van der Waals surface area contributed by atoms with Gasteiger partial charge in [0.2, 0.25) is 11.8 Å². The summed E-state index contributed by atoms with van der Waals surface area (Å²) in [5.41, 5.74) is -0.718. The van der Waals surface area contributed by atoms with E-state index in [4.69, 9.17) is 18.9 Å². The van der Waals surface area contributed by atoms with Crippen LogP contribution in [0.2, 0.25) is 0 Å².